The van der Waals surface area contributed by atoms with E-state index in [2.05, 4.69) is 4.74 Å². The highest BCUT2D eigenvalue weighted by atomic mass is 19.4. The number of ether oxygens (including phenoxy) is 1. The van der Waals surface area contributed by atoms with E-state index < -0.39 is 18.4 Å². The average molecular weight is 242 g/mol. The lowest BCUT2D eigenvalue weighted by Crippen LogP contribution is -2.43. The van der Waals surface area contributed by atoms with Gasteiger partial charge in [0.05, 0.1) is 6.10 Å². The fraction of sp³-hybridized carbons (Fsp3) is 0.800. The van der Waals surface area contributed by atoms with Crippen LogP contribution in [0.5, 0.6) is 0 Å². The van der Waals surface area contributed by atoms with Gasteiger partial charge < -0.3 is 4.74 Å². The molecule has 0 radical (unpaired) electrons. The molecule has 2 rings (SSSR count). The first-order chi connectivity index (χ1) is 7.13. The Morgan fingerprint density at radius 2 is 1.81 bits per heavy atom. The van der Waals surface area contributed by atoms with Crippen molar-refractivity contribution in [2.24, 2.45) is 11.3 Å². The van der Waals surface area contributed by atoms with Gasteiger partial charge >= 0.3 is 12.3 Å². The molecule has 6 heteroatoms. The second-order valence-corrected chi connectivity index (χ2v) is 4.76. The van der Waals surface area contributed by atoms with Gasteiger partial charge in [0.2, 0.25) is 0 Å². The molecule has 2 aliphatic carbocycles. The minimum atomic E-state index is -5.64. The topological polar surface area (TPSA) is 9.23 Å². The summed E-state index contributed by atoms with van der Waals surface area (Å²) in [4.78, 5) is 0. The largest absolute Gasteiger partial charge is 0.482 e. The molecular formula is C10H11F5O. The molecule has 2 aliphatic rings. The van der Waals surface area contributed by atoms with Crippen LogP contribution in [0.2, 0.25) is 0 Å². The van der Waals surface area contributed by atoms with Gasteiger partial charge in [0.15, 0.2) is 0 Å². The first-order valence-corrected chi connectivity index (χ1v) is 4.95. The van der Waals surface area contributed by atoms with Crippen LogP contribution in [0, 0.1) is 11.3 Å². The predicted octanol–water partition coefficient (Wildman–Crippen LogP) is 3.51. The van der Waals surface area contributed by atoms with Crippen LogP contribution in [0.15, 0.2) is 12.2 Å². The van der Waals surface area contributed by atoms with E-state index in [9.17, 15) is 22.0 Å². The van der Waals surface area contributed by atoms with E-state index in [0.717, 1.165) is 0 Å². The first-order valence-electron chi connectivity index (χ1n) is 4.95. The van der Waals surface area contributed by atoms with Gasteiger partial charge in [-0.05, 0) is 18.3 Å². The predicted molar refractivity (Wildman–Crippen MR) is 45.8 cm³/mol. The normalized spacial score (nSPS) is 38.4. The number of hydrogen-bond donors (Lipinski definition) is 0. The molecule has 0 aromatic rings. The molecule has 2 bridgehead atoms. The van der Waals surface area contributed by atoms with Crippen LogP contribution >= 0.6 is 0 Å². The summed E-state index contributed by atoms with van der Waals surface area (Å²) >= 11 is 0. The summed E-state index contributed by atoms with van der Waals surface area (Å²) in [5.41, 5.74) is -0.281. The molecular weight excluding hydrogens is 231 g/mol. The lowest BCUT2D eigenvalue weighted by Gasteiger charge is -2.27. The van der Waals surface area contributed by atoms with Gasteiger partial charge in [-0.2, -0.15) is 22.0 Å². The van der Waals surface area contributed by atoms with Gasteiger partial charge in [0, 0.05) is 5.92 Å². The molecule has 0 aliphatic heterocycles. The molecule has 0 aromatic heterocycles. The molecule has 92 valence electrons. The van der Waals surface area contributed by atoms with E-state index >= 15 is 0 Å². The van der Waals surface area contributed by atoms with Crippen molar-refractivity contribution in [2.45, 2.75) is 38.2 Å². The lowest BCUT2D eigenvalue weighted by molar-refractivity contribution is -0.403. The Balaban J connectivity index is 2.05. The monoisotopic (exact) mass is 242 g/mol. The van der Waals surface area contributed by atoms with Crippen LogP contribution in [-0.2, 0) is 4.74 Å². The van der Waals surface area contributed by atoms with Crippen LogP contribution in [0.1, 0.15) is 19.8 Å². The summed E-state index contributed by atoms with van der Waals surface area (Å²) in [6.07, 6.45) is -7.38. The number of allylic oxidation sites excluding steroid dienone is 1. The van der Waals surface area contributed by atoms with E-state index in [4.69, 9.17) is 0 Å². The Kier molecular flexibility index (Phi) is 2.35. The van der Waals surface area contributed by atoms with E-state index in [1.54, 1.807) is 6.08 Å². The Bertz CT molecular complexity index is 322. The standard InChI is InChI=1S/C10H11F5O/c1-8-3-2-6(4-8)7(5-8)16-10(14,15)9(11,12)13/h2-3,6-7H,4-5H2,1H3. The first kappa shape index (κ1) is 11.8. The Hall–Kier alpha value is -0.650. The molecule has 1 nitrogen and oxygen atoms in total. The van der Waals surface area contributed by atoms with E-state index in [-0.39, 0.29) is 17.8 Å². The molecule has 3 atom stereocenters. The van der Waals surface area contributed by atoms with Crippen molar-refractivity contribution in [1.82, 2.24) is 0 Å². The van der Waals surface area contributed by atoms with Crippen LogP contribution in [0.25, 0.3) is 0 Å². The van der Waals surface area contributed by atoms with Crippen molar-refractivity contribution in [3.63, 3.8) is 0 Å². The maximum atomic E-state index is 12.7. The smallest absolute Gasteiger partial charge is 0.309 e. The molecule has 0 aromatic carbocycles. The van der Waals surface area contributed by atoms with Gasteiger partial charge in [-0.15, -0.1) is 0 Å². The zero-order chi connectivity index (χ0) is 12.2. The number of hydrogen-bond acceptors (Lipinski definition) is 1. The summed E-state index contributed by atoms with van der Waals surface area (Å²) in [5.74, 6) is -0.321. The fourth-order valence-corrected chi connectivity index (χ4v) is 2.43. The zero-order valence-corrected chi connectivity index (χ0v) is 8.52. The highest BCUT2D eigenvalue weighted by Gasteiger charge is 2.62. The Labute approximate surface area is 89.3 Å². The van der Waals surface area contributed by atoms with Gasteiger partial charge in [-0.25, -0.2) is 0 Å². The van der Waals surface area contributed by atoms with Crippen molar-refractivity contribution in [2.75, 3.05) is 0 Å². The quantitative estimate of drug-likeness (QED) is 0.531. The highest BCUT2D eigenvalue weighted by Crippen LogP contribution is 2.52. The maximum absolute atomic E-state index is 12.7. The molecule has 0 saturated heterocycles. The summed E-state index contributed by atoms with van der Waals surface area (Å²) in [5, 5.41) is 0. The third-order valence-corrected chi connectivity index (χ3v) is 3.22. The van der Waals surface area contributed by atoms with Crippen LogP contribution in [0.4, 0.5) is 22.0 Å². The van der Waals surface area contributed by atoms with Gasteiger partial charge in [0.1, 0.15) is 0 Å². The summed E-state index contributed by atoms with van der Waals surface area (Å²) in [6.45, 7) is 1.83. The summed E-state index contributed by atoms with van der Waals surface area (Å²) in [6, 6.07) is 0. The van der Waals surface area contributed by atoms with Crippen LogP contribution in [-0.4, -0.2) is 18.4 Å². The second kappa shape index (κ2) is 3.18. The molecule has 0 N–H and O–H groups in total. The third kappa shape index (κ3) is 1.83. The number of rotatable bonds is 2. The van der Waals surface area contributed by atoms with Gasteiger partial charge in [0.25, 0.3) is 0 Å². The lowest BCUT2D eigenvalue weighted by atomic mass is 9.90. The average Bonchev–Trinajstić information content (AvgIpc) is 2.56. The van der Waals surface area contributed by atoms with Crippen molar-refractivity contribution in [3.8, 4) is 0 Å². The SMILES string of the molecule is CC12C=CC(C1)C(OC(F)(F)C(F)(F)F)C2. The second-order valence-electron chi connectivity index (χ2n) is 4.76. The van der Waals surface area contributed by atoms with Crippen molar-refractivity contribution >= 4 is 0 Å². The molecule has 16 heavy (non-hydrogen) atoms. The maximum Gasteiger partial charge on any atom is 0.482 e. The molecule has 3 unspecified atom stereocenters. The minimum Gasteiger partial charge on any atom is -0.309 e. The number of halogens is 5. The van der Waals surface area contributed by atoms with Crippen molar-refractivity contribution in [1.29, 1.82) is 0 Å². The van der Waals surface area contributed by atoms with Crippen molar-refractivity contribution in [3.05, 3.63) is 12.2 Å². The highest BCUT2D eigenvalue weighted by molar-refractivity contribution is 5.17. The van der Waals surface area contributed by atoms with Crippen molar-refractivity contribution < 1.29 is 26.7 Å². The fourth-order valence-electron chi connectivity index (χ4n) is 2.43. The van der Waals surface area contributed by atoms with Crippen LogP contribution < -0.4 is 0 Å². The molecule has 1 fully saturated rings. The minimum absolute atomic E-state index is 0.222. The summed E-state index contributed by atoms with van der Waals surface area (Å²) in [7, 11) is 0. The molecule has 0 amide bonds. The molecule has 1 saturated carbocycles. The van der Waals surface area contributed by atoms with E-state index in [0.29, 0.717) is 6.42 Å². The van der Waals surface area contributed by atoms with Gasteiger partial charge in [-0.1, -0.05) is 19.1 Å². The molecule has 0 heterocycles. The Morgan fingerprint density at radius 3 is 2.19 bits per heavy atom. The number of fused-ring (bicyclic) bond motifs is 2. The van der Waals surface area contributed by atoms with Gasteiger partial charge in [-0.3, -0.25) is 0 Å². The Morgan fingerprint density at radius 1 is 1.19 bits per heavy atom. The number of alkyl halides is 5. The summed E-state index contributed by atoms with van der Waals surface area (Å²) < 4.78 is 65.1. The van der Waals surface area contributed by atoms with E-state index in [1.807, 2.05) is 13.0 Å². The van der Waals surface area contributed by atoms with Crippen LogP contribution in [0.3, 0.4) is 0 Å². The van der Waals surface area contributed by atoms with E-state index in [1.165, 1.54) is 0 Å². The molecule has 0 spiro atoms. The third-order valence-electron chi connectivity index (χ3n) is 3.22. The zero-order valence-electron chi connectivity index (χ0n) is 8.52.